The zero-order valence-corrected chi connectivity index (χ0v) is 27.2. The number of fused-ring (bicyclic) bond motifs is 1. The number of hydrogen-bond acceptors (Lipinski definition) is 5. The molecule has 0 spiro atoms. The maximum absolute atomic E-state index is 13.0. The predicted octanol–water partition coefficient (Wildman–Crippen LogP) is 7.66. The molecule has 0 bridgehead atoms. The number of ether oxygens (including phenoxy) is 1. The van der Waals surface area contributed by atoms with Crippen molar-refractivity contribution in [1.82, 2.24) is 9.97 Å². The number of aromatic amines is 1. The molecular formula is C37H56N2O4. The summed E-state index contributed by atoms with van der Waals surface area (Å²) in [6, 6.07) is 0. The van der Waals surface area contributed by atoms with E-state index in [-0.39, 0.29) is 23.4 Å². The van der Waals surface area contributed by atoms with Crippen molar-refractivity contribution in [3.8, 4) is 0 Å². The molecule has 1 aromatic heterocycles. The first-order chi connectivity index (χ1) is 20.6. The third-order valence-corrected chi connectivity index (χ3v) is 11.7. The van der Waals surface area contributed by atoms with Crippen LogP contribution in [-0.2, 0) is 21.4 Å². The summed E-state index contributed by atoms with van der Waals surface area (Å²) in [6.45, 7) is 12.8. The number of carbonyl (C=O) groups is 1. The number of aliphatic hydroxyl groups excluding tert-OH is 2. The quantitative estimate of drug-likeness (QED) is 0.217. The van der Waals surface area contributed by atoms with Gasteiger partial charge in [-0.15, -0.1) is 0 Å². The Balaban J connectivity index is 1.26. The number of imidazole rings is 1. The van der Waals surface area contributed by atoms with E-state index in [0.717, 1.165) is 68.3 Å². The van der Waals surface area contributed by atoms with Crippen molar-refractivity contribution in [2.24, 2.45) is 23.2 Å². The largest absolute Gasteiger partial charge is 0.461 e. The van der Waals surface area contributed by atoms with Gasteiger partial charge >= 0.3 is 5.97 Å². The average molecular weight is 593 g/mol. The van der Waals surface area contributed by atoms with Gasteiger partial charge in [-0.2, -0.15) is 0 Å². The van der Waals surface area contributed by atoms with Gasteiger partial charge in [0.15, 0.2) is 0 Å². The highest BCUT2D eigenvalue weighted by molar-refractivity contribution is 5.72. The summed E-state index contributed by atoms with van der Waals surface area (Å²) >= 11 is 0. The van der Waals surface area contributed by atoms with Crippen LogP contribution in [0.25, 0.3) is 0 Å². The van der Waals surface area contributed by atoms with Crippen molar-refractivity contribution >= 4 is 5.97 Å². The van der Waals surface area contributed by atoms with Gasteiger partial charge < -0.3 is 19.9 Å². The van der Waals surface area contributed by atoms with E-state index in [1.54, 1.807) is 0 Å². The highest BCUT2D eigenvalue weighted by Crippen LogP contribution is 2.59. The topological polar surface area (TPSA) is 95.4 Å². The number of carbonyl (C=O) groups excluding carboxylic acids is 1. The van der Waals surface area contributed by atoms with Crippen LogP contribution in [0.5, 0.6) is 0 Å². The second-order valence-corrected chi connectivity index (χ2v) is 14.6. The van der Waals surface area contributed by atoms with E-state index >= 15 is 0 Å². The summed E-state index contributed by atoms with van der Waals surface area (Å²) in [5.41, 5.74) is 4.60. The minimum absolute atomic E-state index is 0.0659. The van der Waals surface area contributed by atoms with E-state index in [9.17, 15) is 15.0 Å². The lowest BCUT2D eigenvalue weighted by Crippen LogP contribution is -2.35. The molecule has 7 unspecified atom stereocenters. The van der Waals surface area contributed by atoms with Crippen LogP contribution in [0.3, 0.4) is 0 Å². The average Bonchev–Trinajstić information content (AvgIpc) is 3.53. The Kier molecular flexibility index (Phi) is 10.1. The molecule has 0 aliphatic heterocycles. The smallest absolute Gasteiger partial charge is 0.308 e. The molecule has 4 aliphatic rings. The predicted molar refractivity (Wildman–Crippen MR) is 171 cm³/mol. The first-order valence-electron chi connectivity index (χ1n) is 17.3. The molecule has 1 aromatic rings. The standard InChI is InChI=1S/C37H56N2O4/c1-6-10-29-23-38-35(39-29)37(19-20-37)33(43-34(42)24(3)7-2)13-8-12-28-16-17-31-26(11-9-18-36(28,31)5)14-15-27-21-30(40)22-32(41)25(27)4/h14-15,23-24,28,30-33,40-41H,4,6-13,16-22H2,1-3,5H3,(H,38,39)/b26-14+,27-15-. The molecule has 0 radical (unpaired) electrons. The molecule has 6 nitrogen and oxygen atoms in total. The normalized spacial score (nSPS) is 33.4. The number of hydrogen-bond donors (Lipinski definition) is 3. The molecule has 0 saturated heterocycles. The van der Waals surface area contributed by atoms with E-state index in [2.05, 4.69) is 44.5 Å². The van der Waals surface area contributed by atoms with Gasteiger partial charge in [-0.3, -0.25) is 4.79 Å². The molecule has 0 amide bonds. The summed E-state index contributed by atoms with van der Waals surface area (Å²) in [4.78, 5) is 21.4. The Morgan fingerprint density at radius 2 is 2.02 bits per heavy atom. The van der Waals surface area contributed by atoms with Gasteiger partial charge in [0, 0.05) is 18.3 Å². The molecule has 4 saturated carbocycles. The second-order valence-electron chi connectivity index (χ2n) is 14.6. The number of allylic oxidation sites excluding steroid dienone is 3. The zero-order valence-electron chi connectivity index (χ0n) is 27.2. The molecule has 7 atom stereocenters. The summed E-state index contributed by atoms with van der Waals surface area (Å²) in [7, 11) is 0. The van der Waals surface area contributed by atoms with Gasteiger partial charge in [-0.1, -0.05) is 58.4 Å². The first kappa shape index (κ1) is 32.2. The fourth-order valence-corrected chi connectivity index (χ4v) is 8.56. The first-order valence-corrected chi connectivity index (χ1v) is 17.3. The molecule has 0 aromatic carbocycles. The van der Waals surface area contributed by atoms with Crippen molar-refractivity contribution in [3.05, 3.63) is 53.2 Å². The van der Waals surface area contributed by atoms with Gasteiger partial charge in [0.2, 0.25) is 0 Å². The molecule has 43 heavy (non-hydrogen) atoms. The number of aromatic nitrogens is 2. The van der Waals surface area contributed by atoms with Crippen LogP contribution >= 0.6 is 0 Å². The van der Waals surface area contributed by atoms with Crippen LogP contribution in [0.4, 0.5) is 0 Å². The maximum atomic E-state index is 13.0. The second kappa shape index (κ2) is 13.4. The van der Waals surface area contributed by atoms with Gasteiger partial charge in [-0.05, 0) is 112 Å². The SMILES string of the molecule is C=C1/C(=C\C=C2/CCCC3(C)C(CCCC(OC(=O)C(C)CC)C4(c5ncc(CCC)[nH]5)CC4)CCC23)CC(O)CC1O. The fraction of sp³-hybridized carbons (Fsp3) is 0.730. The molecule has 4 fully saturated rings. The van der Waals surface area contributed by atoms with Gasteiger partial charge in [-0.25, -0.2) is 4.98 Å². The number of H-pyrrole nitrogens is 1. The van der Waals surface area contributed by atoms with Crippen molar-refractivity contribution in [2.45, 2.75) is 148 Å². The van der Waals surface area contributed by atoms with Gasteiger partial charge in [0.1, 0.15) is 11.9 Å². The van der Waals surface area contributed by atoms with Crippen LogP contribution in [0.15, 0.2) is 41.6 Å². The molecule has 4 aliphatic carbocycles. The molecule has 1 heterocycles. The minimum atomic E-state index is -0.643. The van der Waals surface area contributed by atoms with E-state index < -0.39 is 12.2 Å². The van der Waals surface area contributed by atoms with Crippen LogP contribution in [0, 0.1) is 23.2 Å². The number of esters is 1. The van der Waals surface area contributed by atoms with Gasteiger partial charge in [0.25, 0.3) is 0 Å². The highest BCUT2D eigenvalue weighted by Gasteiger charge is 2.55. The van der Waals surface area contributed by atoms with E-state index in [1.165, 1.54) is 43.4 Å². The summed E-state index contributed by atoms with van der Waals surface area (Å²) < 4.78 is 6.32. The Morgan fingerprint density at radius 3 is 2.74 bits per heavy atom. The lowest BCUT2D eigenvalue weighted by molar-refractivity contribution is -0.156. The summed E-state index contributed by atoms with van der Waals surface area (Å²) in [5.74, 6) is 2.12. The lowest BCUT2D eigenvalue weighted by Gasteiger charge is -2.42. The number of aryl methyl sites for hydroxylation is 1. The van der Waals surface area contributed by atoms with E-state index in [4.69, 9.17) is 9.72 Å². The Bertz CT molecular complexity index is 1210. The highest BCUT2D eigenvalue weighted by atomic mass is 16.5. The molecule has 6 heteroatoms. The monoisotopic (exact) mass is 592 g/mol. The molecular weight excluding hydrogens is 536 g/mol. The van der Waals surface area contributed by atoms with E-state index in [1.807, 2.05) is 13.1 Å². The number of rotatable bonds is 12. The zero-order chi connectivity index (χ0) is 30.8. The number of nitrogens with one attached hydrogen (secondary N) is 1. The van der Waals surface area contributed by atoms with Crippen LogP contribution in [0.2, 0.25) is 0 Å². The Labute approximate surface area is 259 Å². The summed E-state index contributed by atoms with van der Waals surface area (Å²) in [5, 5.41) is 20.5. The summed E-state index contributed by atoms with van der Waals surface area (Å²) in [6.07, 6.45) is 20.2. The number of nitrogens with zero attached hydrogens (tertiary/aromatic N) is 1. The van der Waals surface area contributed by atoms with Crippen LogP contribution < -0.4 is 0 Å². The third-order valence-electron chi connectivity index (χ3n) is 11.7. The van der Waals surface area contributed by atoms with Crippen molar-refractivity contribution < 1.29 is 19.7 Å². The Morgan fingerprint density at radius 1 is 1.23 bits per heavy atom. The van der Waals surface area contributed by atoms with Crippen LogP contribution in [-0.4, -0.2) is 44.5 Å². The minimum Gasteiger partial charge on any atom is -0.461 e. The molecule has 3 N–H and O–H groups in total. The van der Waals surface area contributed by atoms with Crippen molar-refractivity contribution in [2.75, 3.05) is 0 Å². The lowest BCUT2D eigenvalue weighted by atomic mass is 9.62. The van der Waals surface area contributed by atoms with E-state index in [0.29, 0.717) is 30.1 Å². The fourth-order valence-electron chi connectivity index (χ4n) is 8.56. The van der Waals surface area contributed by atoms with Crippen molar-refractivity contribution in [1.29, 1.82) is 0 Å². The third kappa shape index (κ3) is 6.76. The molecule has 5 rings (SSSR count). The van der Waals surface area contributed by atoms with Gasteiger partial charge in [0.05, 0.1) is 23.5 Å². The van der Waals surface area contributed by atoms with Crippen LogP contribution in [0.1, 0.15) is 129 Å². The Hall–Kier alpha value is -2.18. The number of aliphatic hydroxyl groups is 2. The maximum Gasteiger partial charge on any atom is 0.308 e. The molecule has 238 valence electrons. The van der Waals surface area contributed by atoms with Crippen molar-refractivity contribution in [3.63, 3.8) is 0 Å².